The van der Waals surface area contributed by atoms with E-state index in [-0.39, 0.29) is 11.3 Å². The third-order valence-electron chi connectivity index (χ3n) is 4.73. The maximum atomic E-state index is 12.7. The smallest absolute Gasteiger partial charge is 0.347 e. The number of halogens is 1. The molecule has 0 radical (unpaired) electrons. The fourth-order valence-corrected chi connectivity index (χ4v) is 4.51. The van der Waals surface area contributed by atoms with Crippen molar-refractivity contribution in [2.45, 2.75) is 39.0 Å². The first-order valence-electron chi connectivity index (χ1n) is 9.10. The van der Waals surface area contributed by atoms with Crippen LogP contribution in [0.4, 0.5) is 0 Å². The fourth-order valence-electron chi connectivity index (χ4n) is 3.24. The van der Waals surface area contributed by atoms with Crippen LogP contribution < -0.4 is 5.63 Å². The standard InChI is InChI=1S/C23H23ClO3S/c1-13-5-7-17(8-6-13)28-10-9-19-16(4)22(25)21(23(26)27-19)20-15(3)11-14(2)12-18(20)24/h5-8,11-12,25H,9-10H2,1-4H3. The highest BCUT2D eigenvalue weighted by molar-refractivity contribution is 7.99. The predicted octanol–water partition coefficient (Wildman–Crippen LogP) is 6.23. The van der Waals surface area contributed by atoms with Crippen LogP contribution in [0.15, 0.2) is 50.5 Å². The van der Waals surface area contributed by atoms with Gasteiger partial charge in [-0.3, -0.25) is 0 Å². The van der Waals surface area contributed by atoms with E-state index in [9.17, 15) is 9.90 Å². The van der Waals surface area contributed by atoms with E-state index in [1.165, 1.54) is 5.56 Å². The van der Waals surface area contributed by atoms with Gasteiger partial charge in [-0.25, -0.2) is 4.79 Å². The summed E-state index contributed by atoms with van der Waals surface area (Å²) in [6, 6.07) is 12.0. The molecule has 0 spiro atoms. The molecule has 0 unspecified atom stereocenters. The first-order valence-corrected chi connectivity index (χ1v) is 10.5. The summed E-state index contributed by atoms with van der Waals surface area (Å²) in [6.45, 7) is 7.63. The van der Waals surface area contributed by atoms with Crippen LogP contribution >= 0.6 is 23.4 Å². The van der Waals surface area contributed by atoms with Crippen LogP contribution in [0, 0.1) is 27.7 Å². The van der Waals surface area contributed by atoms with Crippen molar-refractivity contribution in [1.29, 1.82) is 0 Å². The molecule has 0 saturated carbocycles. The molecule has 0 atom stereocenters. The quantitative estimate of drug-likeness (QED) is 0.502. The Morgan fingerprint density at radius 1 is 1.00 bits per heavy atom. The summed E-state index contributed by atoms with van der Waals surface area (Å²) in [5.41, 5.74) is 3.72. The average Bonchev–Trinajstić information content (AvgIpc) is 2.63. The molecule has 0 aliphatic rings. The maximum Gasteiger partial charge on any atom is 0.347 e. The van der Waals surface area contributed by atoms with Crippen LogP contribution in [-0.2, 0) is 6.42 Å². The SMILES string of the molecule is Cc1ccc(SCCc2oc(=O)c(-c3c(C)cc(C)cc3Cl)c(O)c2C)cc1. The van der Waals surface area contributed by atoms with E-state index in [1.54, 1.807) is 24.8 Å². The van der Waals surface area contributed by atoms with Gasteiger partial charge in [-0.1, -0.05) is 35.4 Å². The molecule has 3 aromatic rings. The van der Waals surface area contributed by atoms with Gasteiger partial charge in [0.2, 0.25) is 0 Å². The zero-order chi connectivity index (χ0) is 20.4. The third-order valence-corrected chi connectivity index (χ3v) is 6.04. The second-order valence-electron chi connectivity index (χ2n) is 7.01. The molecule has 5 heteroatoms. The van der Waals surface area contributed by atoms with Crippen LogP contribution in [0.2, 0.25) is 5.02 Å². The molecule has 0 bridgehead atoms. The Balaban J connectivity index is 1.89. The molecule has 0 aliphatic carbocycles. The second-order valence-corrected chi connectivity index (χ2v) is 8.59. The molecule has 28 heavy (non-hydrogen) atoms. The number of aromatic hydroxyl groups is 1. The summed E-state index contributed by atoms with van der Waals surface area (Å²) < 4.78 is 5.58. The van der Waals surface area contributed by atoms with Crippen molar-refractivity contribution in [3.8, 4) is 16.9 Å². The fraction of sp³-hybridized carbons (Fsp3) is 0.261. The lowest BCUT2D eigenvalue weighted by Crippen LogP contribution is -2.09. The molecule has 3 nitrogen and oxygen atoms in total. The van der Waals surface area contributed by atoms with Gasteiger partial charge in [-0.15, -0.1) is 11.8 Å². The normalized spacial score (nSPS) is 11.0. The van der Waals surface area contributed by atoms with E-state index in [4.69, 9.17) is 16.0 Å². The molecule has 1 heterocycles. The van der Waals surface area contributed by atoms with Crippen molar-refractivity contribution in [3.05, 3.63) is 79.9 Å². The van der Waals surface area contributed by atoms with Crippen LogP contribution in [0.1, 0.15) is 28.0 Å². The molecular formula is C23H23ClO3S. The minimum Gasteiger partial charge on any atom is -0.507 e. The van der Waals surface area contributed by atoms with Crippen LogP contribution in [-0.4, -0.2) is 10.9 Å². The molecule has 0 amide bonds. The molecule has 2 aromatic carbocycles. The van der Waals surface area contributed by atoms with Crippen molar-refractivity contribution in [2.24, 2.45) is 0 Å². The zero-order valence-corrected chi connectivity index (χ0v) is 18.0. The molecular weight excluding hydrogens is 392 g/mol. The Kier molecular flexibility index (Phi) is 6.21. The summed E-state index contributed by atoms with van der Waals surface area (Å²) >= 11 is 8.06. The van der Waals surface area contributed by atoms with Gasteiger partial charge in [0.15, 0.2) is 0 Å². The Morgan fingerprint density at radius 3 is 2.32 bits per heavy atom. The molecule has 1 N–H and O–H groups in total. The predicted molar refractivity (Wildman–Crippen MR) is 117 cm³/mol. The van der Waals surface area contributed by atoms with Gasteiger partial charge in [0.05, 0.1) is 0 Å². The average molecular weight is 415 g/mol. The number of rotatable bonds is 5. The minimum absolute atomic E-state index is 0.0551. The van der Waals surface area contributed by atoms with E-state index in [2.05, 4.69) is 31.2 Å². The summed E-state index contributed by atoms with van der Waals surface area (Å²) in [5, 5.41) is 11.2. The minimum atomic E-state index is -0.563. The molecule has 0 aliphatic heterocycles. The Morgan fingerprint density at radius 2 is 1.68 bits per heavy atom. The first-order chi connectivity index (χ1) is 13.3. The Labute approximate surface area is 174 Å². The van der Waals surface area contributed by atoms with Crippen LogP contribution in [0.25, 0.3) is 11.1 Å². The summed E-state index contributed by atoms with van der Waals surface area (Å²) in [4.78, 5) is 13.8. The van der Waals surface area contributed by atoms with Crippen molar-refractivity contribution >= 4 is 23.4 Å². The van der Waals surface area contributed by atoms with E-state index < -0.39 is 5.63 Å². The lowest BCUT2D eigenvalue weighted by atomic mass is 9.97. The van der Waals surface area contributed by atoms with Gasteiger partial charge < -0.3 is 9.52 Å². The van der Waals surface area contributed by atoms with E-state index in [0.717, 1.165) is 21.8 Å². The van der Waals surface area contributed by atoms with Crippen LogP contribution in [0.3, 0.4) is 0 Å². The largest absolute Gasteiger partial charge is 0.507 e. The lowest BCUT2D eigenvalue weighted by Gasteiger charge is -2.14. The second kappa shape index (κ2) is 8.46. The number of hydrogen-bond acceptors (Lipinski definition) is 4. The number of benzene rings is 2. The molecule has 1 aromatic heterocycles. The first kappa shape index (κ1) is 20.6. The number of thioether (sulfide) groups is 1. The highest BCUT2D eigenvalue weighted by Crippen LogP contribution is 2.38. The van der Waals surface area contributed by atoms with Gasteiger partial charge in [0.1, 0.15) is 17.1 Å². The summed E-state index contributed by atoms with van der Waals surface area (Å²) in [5.74, 6) is 1.20. The van der Waals surface area contributed by atoms with Gasteiger partial charge in [0.25, 0.3) is 0 Å². The highest BCUT2D eigenvalue weighted by atomic mass is 35.5. The van der Waals surface area contributed by atoms with Gasteiger partial charge in [0, 0.05) is 33.2 Å². The lowest BCUT2D eigenvalue weighted by molar-refractivity contribution is 0.423. The van der Waals surface area contributed by atoms with Gasteiger partial charge >= 0.3 is 5.63 Å². The van der Waals surface area contributed by atoms with Crippen molar-refractivity contribution in [2.75, 3.05) is 5.75 Å². The van der Waals surface area contributed by atoms with Crippen molar-refractivity contribution in [1.82, 2.24) is 0 Å². The van der Waals surface area contributed by atoms with Gasteiger partial charge in [-0.05, 0) is 57.0 Å². The van der Waals surface area contributed by atoms with Crippen molar-refractivity contribution in [3.63, 3.8) is 0 Å². The van der Waals surface area contributed by atoms with Crippen LogP contribution in [0.5, 0.6) is 5.75 Å². The van der Waals surface area contributed by atoms with Crippen molar-refractivity contribution < 1.29 is 9.52 Å². The summed E-state index contributed by atoms with van der Waals surface area (Å²) in [6.07, 6.45) is 0.550. The number of hydrogen-bond donors (Lipinski definition) is 1. The van der Waals surface area contributed by atoms with E-state index in [0.29, 0.717) is 28.3 Å². The molecule has 3 rings (SSSR count). The zero-order valence-electron chi connectivity index (χ0n) is 16.4. The highest BCUT2D eigenvalue weighted by Gasteiger charge is 2.21. The monoisotopic (exact) mass is 414 g/mol. The molecule has 0 fully saturated rings. The third kappa shape index (κ3) is 4.29. The molecule has 146 valence electrons. The number of aryl methyl sites for hydroxylation is 4. The van der Waals surface area contributed by atoms with E-state index in [1.807, 2.05) is 19.9 Å². The Hall–Kier alpha value is -2.17. The van der Waals surface area contributed by atoms with Gasteiger partial charge in [-0.2, -0.15) is 0 Å². The maximum absolute atomic E-state index is 12.7. The summed E-state index contributed by atoms with van der Waals surface area (Å²) in [7, 11) is 0. The molecule has 0 saturated heterocycles. The van der Waals surface area contributed by atoms with E-state index >= 15 is 0 Å². The Bertz CT molecular complexity index is 1050. The topological polar surface area (TPSA) is 50.4 Å².